The van der Waals surface area contributed by atoms with Gasteiger partial charge >= 0.3 is 6.18 Å². The molecule has 182 valence electrons. The molecule has 0 spiro atoms. The van der Waals surface area contributed by atoms with Gasteiger partial charge in [0.05, 0.1) is 23.1 Å². The molecule has 35 heavy (non-hydrogen) atoms. The van der Waals surface area contributed by atoms with Crippen molar-refractivity contribution in [2.24, 2.45) is 0 Å². The molecule has 0 aliphatic rings. The van der Waals surface area contributed by atoms with Crippen LogP contribution in [0.3, 0.4) is 0 Å². The van der Waals surface area contributed by atoms with Crippen LogP contribution in [0.1, 0.15) is 35.1 Å². The number of hydrogen-bond donors (Lipinski definition) is 2. The number of rotatable bonds is 7. The number of nitrogens with one attached hydrogen (secondary N) is 1. The molecule has 1 atom stereocenters. The predicted octanol–water partition coefficient (Wildman–Crippen LogP) is 4.52. The van der Waals surface area contributed by atoms with Gasteiger partial charge in [0, 0.05) is 29.7 Å². The summed E-state index contributed by atoms with van der Waals surface area (Å²) >= 11 is 0. The number of pyridine rings is 1. The van der Waals surface area contributed by atoms with Gasteiger partial charge in [0.2, 0.25) is 0 Å². The Balaban J connectivity index is 1.89. The molecule has 4 rings (SSSR count). The number of aliphatic hydroxyl groups excluding tert-OH is 1. The minimum atomic E-state index is -4.63. The van der Waals surface area contributed by atoms with Gasteiger partial charge in [-0.1, -0.05) is 25.1 Å². The van der Waals surface area contributed by atoms with Gasteiger partial charge in [0.25, 0.3) is 5.91 Å². The van der Waals surface area contributed by atoms with Crippen molar-refractivity contribution in [2.45, 2.75) is 32.5 Å². The first-order chi connectivity index (χ1) is 16.7. The molecule has 3 heterocycles. The number of carbonyl (C=O) groups excluding carboxylic acids is 1. The number of benzene rings is 1. The number of nitrogens with zero attached hydrogens (tertiary/aromatic N) is 4. The van der Waals surface area contributed by atoms with Gasteiger partial charge < -0.3 is 15.2 Å². The summed E-state index contributed by atoms with van der Waals surface area (Å²) in [5, 5.41) is 17.0. The largest absolute Gasteiger partial charge is 0.487 e. The van der Waals surface area contributed by atoms with Crippen LogP contribution in [0.2, 0.25) is 0 Å². The maximum Gasteiger partial charge on any atom is 0.417 e. The molecule has 11 heteroatoms. The van der Waals surface area contributed by atoms with Crippen molar-refractivity contribution in [1.82, 2.24) is 19.6 Å². The number of aromatic nitrogens is 4. The molecule has 8 nitrogen and oxygen atoms in total. The van der Waals surface area contributed by atoms with Crippen molar-refractivity contribution in [1.29, 1.82) is 0 Å². The van der Waals surface area contributed by atoms with Crippen LogP contribution in [0, 0.1) is 6.92 Å². The van der Waals surface area contributed by atoms with Crippen LogP contribution in [-0.4, -0.2) is 43.3 Å². The lowest BCUT2D eigenvalue weighted by molar-refractivity contribution is -0.137. The van der Waals surface area contributed by atoms with Gasteiger partial charge in [-0.2, -0.15) is 18.3 Å². The Hall–Kier alpha value is -3.99. The van der Waals surface area contributed by atoms with E-state index >= 15 is 0 Å². The topological polar surface area (TPSA) is 102 Å². The second-order valence-corrected chi connectivity index (χ2v) is 7.78. The van der Waals surface area contributed by atoms with E-state index in [1.165, 1.54) is 41.2 Å². The maximum absolute atomic E-state index is 13.7. The molecule has 4 aromatic rings. The average molecular weight is 485 g/mol. The van der Waals surface area contributed by atoms with Crippen LogP contribution in [-0.2, 0) is 6.18 Å². The lowest BCUT2D eigenvalue weighted by atomic mass is 10.0. The molecular formula is C24H22F3N5O3. The highest BCUT2D eigenvalue weighted by molar-refractivity contribution is 6.04. The molecule has 0 aliphatic carbocycles. The van der Waals surface area contributed by atoms with Crippen LogP contribution in [0.25, 0.3) is 16.9 Å². The van der Waals surface area contributed by atoms with E-state index in [1.807, 2.05) is 0 Å². The van der Waals surface area contributed by atoms with Gasteiger partial charge in [-0.25, -0.2) is 9.50 Å². The second-order valence-electron chi connectivity index (χ2n) is 7.78. The highest BCUT2D eigenvalue weighted by Crippen LogP contribution is 2.37. The summed E-state index contributed by atoms with van der Waals surface area (Å²) in [6.45, 7) is 3.24. The molecule has 2 N–H and O–H groups in total. The third-order valence-corrected chi connectivity index (χ3v) is 5.29. The number of aliphatic hydroxyl groups is 1. The van der Waals surface area contributed by atoms with Crippen molar-refractivity contribution in [3.63, 3.8) is 0 Å². The Morgan fingerprint density at radius 3 is 2.60 bits per heavy atom. The van der Waals surface area contributed by atoms with Gasteiger partial charge in [-0.05, 0) is 31.5 Å². The maximum atomic E-state index is 13.7. The Bertz CT molecular complexity index is 1360. The molecule has 0 aliphatic heterocycles. The standard InChI is InChI=1S/C24H22F3N5O3/c1-3-16(33)13-35-20-12-19(17-6-4-5-7-18(17)24(25,26)27)31-32-21(14(2)29-22(20)32)23(34)30-15-8-10-28-11-9-15/h4-12,16,33H,3,13H2,1-2H3,(H,28,30,34)/t16-/m1/s1. The molecule has 0 fully saturated rings. The van der Waals surface area contributed by atoms with Gasteiger partial charge in [0.15, 0.2) is 17.1 Å². The fourth-order valence-corrected chi connectivity index (χ4v) is 3.48. The minimum absolute atomic E-state index is 0.0315. The Labute approximate surface area is 198 Å². The summed E-state index contributed by atoms with van der Waals surface area (Å²) in [7, 11) is 0. The molecule has 0 saturated carbocycles. The number of fused-ring (bicyclic) bond motifs is 1. The van der Waals surface area contributed by atoms with Crippen LogP contribution in [0.15, 0.2) is 54.9 Å². The zero-order chi connectivity index (χ0) is 25.2. The van der Waals surface area contributed by atoms with Gasteiger partial charge in [-0.3, -0.25) is 9.78 Å². The van der Waals surface area contributed by atoms with Crippen molar-refractivity contribution < 1.29 is 27.8 Å². The van der Waals surface area contributed by atoms with E-state index in [0.717, 1.165) is 6.07 Å². The van der Waals surface area contributed by atoms with E-state index in [9.17, 15) is 23.1 Å². The highest BCUT2D eigenvalue weighted by Gasteiger charge is 2.34. The van der Waals surface area contributed by atoms with E-state index in [-0.39, 0.29) is 35.0 Å². The zero-order valence-electron chi connectivity index (χ0n) is 18.9. The van der Waals surface area contributed by atoms with Crippen LogP contribution in [0.5, 0.6) is 5.75 Å². The minimum Gasteiger partial charge on any atom is -0.487 e. The first-order valence-electron chi connectivity index (χ1n) is 10.8. The summed E-state index contributed by atoms with van der Waals surface area (Å²) in [4.78, 5) is 21.4. The summed E-state index contributed by atoms with van der Waals surface area (Å²) in [6, 6.07) is 9.52. The van der Waals surface area contributed by atoms with Crippen molar-refractivity contribution in [3.8, 4) is 17.0 Å². The van der Waals surface area contributed by atoms with E-state index in [1.54, 1.807) is 26.0 Å². The quantitative estimate of drug-likeness (QED) is 0.399. The molecule has 1 aromatic carbocycles. The summed E-state index contributed by atoms with van der Waals surface area (Å²) < 4.78 is 48.1. The predicted molar refractivity (Wildman–Crippen MR) is 122 cm³/mol. The molecular weight excluding hydrogens is 463 g/mol. The number of amides is 1. The second kappa shape index (κ2) is 9.71. The summed E-state index contributed by atoms with van der Waals surface area (Å²) in [6.07, 6.45) is -1.99. The molecule has 0 radical (unpaired) electrons. The summed E-state index contributed by atoms with van der Waals surface area (Å²) in [5.41, 5.74) is -0.197. The van der Waals surface area contributed by atoms with Gasteiger partial charge in [0.1, 0.15) is 6.61 Å². The van der Waals surface area contributed by atoms with Crippen LogP contribution < -0.4 is 10.1 Å². The lowest BCUT2D eigenvalue weighted by Gasteiger charge is -2.15. The average Bonchev–Trinajstić information content (AvgIpc) is 3.18. The molecule has 0 bridgehead atoms. The fourth-order valence-electron chi connectivity index (χ4n) is 3.48. The molecule has 0 saturated heterocycles. The van der Waals surface area contributed by atoms with Crippen molar-refractivity contribution in [2.75, 3.05) is 11.9 Å². The smallest absolute Gasteiger partial charge is 0.417 e. The molecule has 0 unspecified atom stereocenters. The van der Waals surface area contributed by atoms with E-state index in [4.69, 9.17) is 4.74 Å². The number of anilines is 1. The number of carbonyl (C=O) groups is 1. The number of aryl methyl sites for hydroxylation is 1. The van der Waals surface area contributed by atoms with E-state index in [2.05, 4.69) is 20.4 Å². The molecule has 1 amide bonds. The number of alkyl halides is 3. The van der Waals surface area contributed by atoms with Gasteiger partial charge in [-0.15, -0.1) is 0 Å². The fraction of sp³-hybridized carbons (Fsp3) is 0.250. The van der Waals surface area contributed by atoms with Crippen molar-refractivity contribution >= 4 is 17.2 Å². The van der Waals surface area contributed by atoms with Crippen LogP contribution >= 0.6 is 0 Å². The van der Waals surface area contributed by atoms with E-state index < -0.39 is 23.8 Å². The van der Waals surface area contributed by atoms with Crippen LogP contribution in [0.4, 0.5) is 18.9 Å². The van der Waals surface area contributed by atoms with E-state index in [0.29, 0.717) is 17.8 Å². The Kier molecular flexibility index (Phi) is 6.70. The normalized spacial score (nSPS) is 12.5. The Morgan fingerprint density at radius 1 is 1.20 bits per heavy atom. The van der Waals surface area contributed by atoms with Crippen molar-refractivity contribution in [3.05, 3.63) is 71.8 Å². The summed E-state index contributed by atoms with van der Waals surface area (Å²) in [5.74, 6) is -0.472. The number of ether oxygens (including phenoxy) is 1. The third kappa shape index (κ3) is 5.09. The Morgan fingerprint density at radius 2 is 1.91 bits per heavy atom. The molecule has 3 aromatic heterocycles. The lowest BCUT2D eigenvalue weighted by Crippen LogP contribution is -2.18. The number of halogens is 3. The number of hydrogen-bond acceptors (Lipinski definition) is 6. The zero-order valence-corrected chi connectivity index (χ0v) is 18.9. The third-order valence-electron chi connectivity index (χ3n) is 5.29. The monoisotopic (exact) mass is 485 g/mol. The first kappa shape index (κ1) is 24.1. The SMILES string of the molecule is CC[C@@H](O)COc1cc(-c2ccccc2C(F)(F)F)nn2c(C(=O)Nc3ccncc3)c(C)nc12. The first-order valence-corrected chi connectivity index (χ1v) is 10.8. The highest BCUT2D eigenvalue weighted by atomic mass is 19.4. The number of imidazole rings is 1.